The Hall–Kier alpha value is -6.36. The van der Waals surface area contributed by atoms with Gasteiger partial charge in [-0.3, -0.25) is 14.2 Å². The fraction of sp³-hybridized carbons (Fsp3) is 0.158. The maximum atomic E-state index is 15.9. The number of benzene rings is 4. The van der Waals surface area contributed by atoms with Crippen molar-refractivity contribution in [3.05, 3.63) is 154 Å². The quantitative estimate of drug-likeness (QED) is 0.124. The number of hydrogen-bond donors (Lipinski definition) is 2. The van der Waals surface area contributed by atoms with Gasteiger partial charge in [-0.05, 0) is 66.6 Å². The Bertz CT molecular complexity index is 2570. The first-order valence-electron chi connectivity index (χ1n) is 16.6. The number of carbonyl (C=O) groups is 2. The van der Waals surface area contributed by atoms with Crippen molar-refractivity contribution in [2.24, 2.45) is 0 Å². The molecule has 0 fully saturated rings. The van der Waals surface area contributed by atoms with Gasteiger partial charge in [0, 0.05) is 23.2 Å². The van der Waals surface area contributed by atoms with E-state index < -0.39 is 73.6 Å². The number of sulfonamides is 1. The maximum Gasteiger partial charge on any atom is 0.418 e. The lowest BCUT2D eigenvalue weighted by molar-refractivity contribution is -0.137. The third-order valence-corrected chi connectivity index (χ3v) is 9.83. The molecule has 17 heteroatoms. The molecule has 2 heterocycles. The zero-order valence-electron chi connectivity index (χ0n) is 28.7. The summed E-state index contributed by atoms with van der Waals surface area (Å²) in [6.07, 6.45) is -2.41. The average Bonchev–Trinajstić information content (AvgIpc) is 3.80. The van der Waals surface area contributed by atoms with Crippen LogP contribution in [0.4, 0.5) is 27.6 Å². The first-order valence-corrected chi connectivity index (χ1v) is 18.1. The number of aromatic nitrogens is 3. The summed E-state index contributed by atoms with van der Waals surface area (Å²) in [5, 5.41) is 6.66. The van der Waals surface area contributed by atoms with Gasteiger partial charge >= 0.3 is 11.9 Å². The van der Waals surface area contributed by atoms with Gasteiger partial charge in [-0.1, -0.05) is 55.8 Å². The molecule has 6 rings (SSSR count). The van der Waals surface area contributed by atoms with Gasteiger partial charge in [-0.15, -0.1) is 5.10 Å². The van der Waals surface area contributed by atoms with E-state index in [1.807, 2.05) is 11.6 Å². The van der Waals surface area contributed by atoms with Crippen LogP contribution in [0.2, 0.25) is 0 Å². The van der Waals surface area contributed by atoms with Crippen molar-refractivity contribution in [3.8, 4) is 16.8 Å². The number of aryl methyl sites for hydroxylation is 1. The van der Waals surface area contributed by atoms with Crippen LogP contribution >= 0.6 is 0 Å². The summed E-state index contributed by atoms with van der Waals surface area (Å²) in [4.78, 5) is 38.7. The van der Waals surface area contributed by atoms with Crippen LogP contribution in [0.3, 0.4) is 0 Å². The highest BCUT2D eigenvalue weighted by Crippen LogP contribution is 2.35. The molecule has 6 aromatic rings. The minimum Gasteiger partial charge on any atom is -0.459 e. The lowest BCUT2D eigenvalue weighted by Crippen LogP contribution is -2.31. The summed E-state index contributed by atoms with van der Waals surface area (Å²) in [6, 6.07) is 19.4. The van der Waals surface area contributed by atoms with Gasteiger partial charge in [0.15, 0.2) is 5.76 Å². The number of nitrogens with one attached hydrogen (secondary N) is 2. The van der Waals surface area contributed by atoms with Crippen molar-refractivity contribution >= 4 is 27.5 Å². The monoisotopic (exact) mass is 779 g/mol. The van der Waals surface area contributed by atoms with Crippen molar-refractivity contribution in [1.82, 2.24) is 19.1 Å². The summed E-state index contributed by atoms with van der Waals surface area (Å²) in [5.74, 6) is -3.83. The molecular formula is C38H30F5N5O6S. The summed E-state index contributed by atoms with van der Waals surface area (Å²) < 4.78 is 108. The molecular weight excluding hydrogens is 750 g/mol. The molecule has 0 spiro atoms. The number of amides is 2. The lowest BCUT2D eigenvalue weighted by atomic mass is 10.0. The first-order chi connectivity index (χ1) is 26.2. The highest BCUT2D eigenvalue weighted by atomic mass is 32.2. The number of alkyl halides is 3. The van der Waals surface area contributed by atoms with Crippen molar-refractivity contribution in [2.75, 3.05) is 5.32 Å². The molecule has 4 aromatic carbocycles. The molecule has 0 saturated heterocycles. The van der Waals surface area contributed by atoms with E-state index in [0.29, 0.717) is 23.6 Å². The molecule has 0 aliphatic rings. The third-order valence-electron chi connectivity index (χ3n) is 8.44. The summed E-state index contributed by atoms with van der Waals surface area (Å²) in [5.41, 5.74) is -3.52. The SMILES string of the molecule is CCCCc1nn(-c2cc(NC(=O)c3ccco3)ccc2C(F)(F)F)c(=O)n1Cc1ccc(-c2ccccc2S(=O)(=O)NC(=O)c2ccccc2F)cc1F. The van der Waals surface area contributed by atoms with Crippen LogP contribution in [0, 0.1) is 11.6 Å². The van der Waals surface area contributed by atoms with Crippen LogP contribution in [-0.2, 0) is 29.2 Å². The van der Waals surface area contributed by atoms with E-state index in [1.54, 1.807) is 0 Å². The molecule has 2 amide bonds. The van der Waals surface area contributed by atoms with Crippen LogP contribution in [-0.4, -0.2) is 34.6 Å². The van der Waals surface area contributed by atoms with E-state index in [1.165, 1.54) is 66.9 Å². The minimum absolute atomic E-state index is 0.00546. The summed E-state index contributed by atoms with van der Waals surface area (Å²) in [7, 11) is -4.61. The average molecular weight is 780 g/mol. The number of carbonyl (C=O) groups excluding carboxylic acids is 2. The number of unbranched alkanes of at least 4 members (excludes halogenated alkanes) is 1. The van der Waals surface area contributed by atoms with Gasteiger partial charge in [-0.25, -0.2) is 26.7 Å². The van der Waals surface area contributed by atoms with Gasteiger partial charge in [0.1, 0.15) is 17.5 Å². The molecule has 11 nitrogen and oxygen atoms in total. The number of hydrogen-bond acceptors (Lipinski definition) is 7. The molecule has 0 atom stereocenters. The zero-order valence-corrected chi connectivity index (χ0v) is 29.5. The Morgan fingerprint density at radius 1 is 0.873 bits per heavy atom. The molecule has 284 valence electrons. The number of halogens is 5. The van der Waals surface area contributed by atoms with Crippen LogP contribution in [0.15, 0.2) is 117 Å². The van der Waals surface area contributed by atoms with Gasteiger partial charge in [0.25, 0.3) is 21.8 Å². The van der Waals surface area contributed by atoms with Crippen LogP contribution < -0.4 is 15.7 Å². The predicted molar refractivity (Wildman–Crippen MR) is 190 cm³/mol. The Morgan fingerprint density at radius 2 is 1.62 bits per heavy atom. The zero-order chi connectivity index (χ0) is 39.5. The Kier molecular flexibility index (Phi) is 10.8. The molecule has 0 aliphatic heterocycles. The number of furan rings is 1. The third kappa shape index (κ3) is 8.26. The van der Waals surface area contributed by atoms with Crippen molar-refractivity contribution in [3.63, 3.8) is 0 Å². The lowest BCUT2D eigenvalue weighted by Gasteiger charge is -2.14. The molecule has 55 heavy (non-hydrogen) atoms. The standard InChI is InChI=1S/C38H30F5N5O6S/c1-2-3-14-34-45-48(31-21-25(17-18-28(31)38(41,42)43)44-36(50)32-12-8-19-54-32)37(51)47(34)22-24-16-15-23(20-30(24)40)26-9-5-7-13-33(26)55(52,53)46-35(49)27-10-4-6-11-29(27)39/h4-13,15-21H,2-3,14,22H2,1H3,(H,44,50)(H,46,49). The first kappa shape index (κ1) is 38.4. The maximum absolute atomic E-state index is 15.9. The van der Waals surface area contributed by atoms with Crippen molar-refractivity contribution in [2.45, 2.75) is 43.8 Å². The molecule has 2 aromatic heterocycles. The fourth-order valence-electron chi connectivity index (χ4n) is 5.73. The van der Waals surface area contributed by atoms with Crippen LogP contribution in [0.1, 0.15) is 57.6 Å². The second-order valence-corrected chi connectivity index (χ2v) is 13.8. The highest BCUT2D eigenvalue weighted by molar-refractivity contribution is 7.90. The molecule has 0 saturated carbocycles. The van der Waals surface area contributed by atoms with Gasteiger partial charge < -0.3 is 9.73 Å². The van der Waals surface area contributed by atoms with E-state index in [2.05, 4.69) is 10.4 Å². The molecule has 0 aliphatic carbocycles. The smallest absolute Gasteiger partial charge is 0.418 e. The van der Waals surface area contributed by atoms with Crippen LogP contribution in [0.25, 0.3) is 16.8 Å². The van der Waals surface area contributed by atoms with Gasteiger partial charge in [-0.2, -0.15) is 17.9 Å². The molecule has 0 bridgehead atoms. The second kappa shape index (κ2) is 15.5. The number of nitrogens with zero attached hydrogens (tertiary/aromatic N) is 3. The van der Waals surface area contributed by atoms with Crippen LogP contribution in [0.5, 0.6) is 0 Å². The van der Waals surface area contributed by atoms with E-state index in [-0.39, 0.29) is 40.4 Å². The normalized spacial score (nSPS) is 11.7. The van der Waals surface area contributed by atoms with Crippen molar-refractivity contribution in [1.29, 1.82) is 0 Å². The highest BCUT2D eigenvalue weighted by Gasteiger charge is 2.36. The van der Waals surface area contributed by atoms with E-state index >= 15 is 4.39 Å². The Morgan fingerprint density at radius 3 is 2.31 bits per heavy atom. The number of rotatable bonds is 12. The van der Waals surface area contributed by atoms with E-state index in [9.17, 15) is 40.4 Å². The van der Waals surface area contributed by atoms with Crippen molar-refractivity contribution < 1.29 is 44.4 Å². The Labute approximate surface area is 310 Å². The molecule has 0 unspecified atom stereocenters. The minimum atomic E-state index is -4.93. The predicted octanol–water partition coefficient (Wildman–Crippen LogP) is 7.35. The fourth-order valence-corrected chi connectivity index (χ4v) is 6.92. The van der Waals surface area contributed by atoms with Gasteiger partial charge in [0.05, 0.1) is 34.5 Å². The topological polar surface area (TPSA) is 145 Å². The Balaban J connectivity index is 1.34. The number of anilines is 1. The van der Waals surface area contributed by atoms with E-state index in [0.717, 1.165) is 34.9 Å². The molecule has 0 radical (unpaired) electrons. The second-order valence-electron chi connectivity index (χ2n) is 12.2. The summed E-state index contributed by atoms with van der Waals surface area (Å²) in [6.45, 7) is 1.40. The molecule has 2 N–H and O–H groups in total. The summed E-state index contributed by atoms with van der Waals surface area (Å²) >= 11 is 0. The largest absolute Gasteiger partial charge is 0.459 e. The van der Waals surface area contributed by atoms with Gasteiger partial charge in [0.2, 0.25) is 0 Å². The van der Waals surface area contributed by atoms with E-state index in [4.69, 9.17) is 4.42 Å².